The zero-order chi connectivity index (χ0) is 11.0. The number of halogens is 2. The standard InChI is InChI=1S/2C6H8P.2ClH.Zr/c2*1-5-3-7-4-6(5)2;;;/h2*3H2,1-2H3;2*1H;/q;;;;+2/p-2. The minimum Gasteiger partial charge on any atom is -1.00 e. The van der Waals surface area contributed by atoms with Gasteiger partial charge in [0, 0.05) is 0 Å². The normalized spacial score (nSPS) is 20.2. The van der Waals surface area contributed by atoms with Crippen molar-refractivity contribution in [2.75, 3.05) is 12.3 Å². The first-order valence-electron chi connectivity index (χ1n) is 5.29. The molecule has 17 heavy (non-hydrogen) atoms. The first kappa shape index (κ1) is 18.3. The van der Waals surface area contributed by atoms with Gasteiger partial charge in [0.15, 0.2) is 0 Å². The Kier molecular flexibility index (Phi) is 8.36. The van der Waals surface area contributed by atoms with E-state index in [0.29, 0.717) is 0 Å². The average Bonchev–Trinajstić information content (AvgIpc) is 2.68. The Morgan fingerprint density at radius 1 is 0.765 bits per heavy atom. The van der Waals surface area contributed by atoms with Gasteiger partial charge >= 0.3 is 108 Å². The maximum absolute atomic E-state index is 2.34. The summed E-state index contributed by atoms with van der Waals surface area (Å²) >= 11 is -0.400. The fourth-order valence-corrected chi connectivity index (χ4v) is 10.6. The molecule has 0 aliphatic carbocycles. The summed E-state index contributed by atoms with van der Waals surface area (Å²) in [5, 5.41) is 0. The molecule has 0 saturated heterocycles. The summed E-state index contributed by atoms with van der Waals surface area (Å²) in [6.45, 7) is 9.28. The molecule has 0 atom stereocenters. The molecule has 2 aliphatic heterocycles. The van der Waals surface area contributed by atoms with Crippen LogP contribution in [0, 0.1) is 0 Å². The molecule has 0 aromatic heterocycles. The van der Waals surface area contributed by atoms with Crippen LogP contribution in [0.15, 0.2) is 22.3 Å². The van der Waals surface area contributed by atoms with Crippen molar-refractivity contribution in [3.63, 3.8) is 0 Å². The minimum absolute atomic E-state index is 0. The van der Waals surface area contributed by atoms with E-state index in [2.05, 4.69) is 27.7 Å². The summed E-state index contributed by atoms with van der Waals surface area (Å²) in [7, 11) is 3.26. The quantitative estimate of drug-likeness (QED) is 0.480. The molecule has 0 aromatic rings. The SMILES string of the molecule is CC1=C(C)[C]([Zr+2][C]2=PCC(C)=C2C)=PC1.[Cl-].[Cl-]. The van der Waals surface area contributed by atoms with E-state index in [9.17, 15) is 0 Å². The van der Waals surface area contributed by atoms with E-state index in [-0.39, 0.29) is 24.8 Å². The molecule has 2 rings (SSSR count). The Morgan fingerprint density at radius 2 is 1.12 bits per heavy atom. The molecule has 0 amide bonds. The molecule has 0 spiro atoms. The Morgan fingerprint density at radius 3 is 1.35 bits per heavy atom. The predicted molar refractivity (Wildman–Crippen MR) is 70.3 cm³/mol. The molecule has 5 heteroatoms. The van der Waals surface area contributed by atoms with E-state index in [1.807, 2.05) is 6.00 Å². The first-order valence-corrected chi connectivity index (χ1v) is 9.90. The van der Waals surface area contributed by atoms with E-state index >= 15 is 0 Å². The van der Waals surface area contributed by atoms with Crippen LogP contribution in [-0.2, 0) is 23.2 Å². The second kappa shape index (κ2) is 7.77. The Labute approximate surface area is 132 Å². The largest absolute Gasteiger partial charge is 1.00 e. The first-order chi connectivity index (χ1) is 7.09. The second-order valence-electron chi connectivity index (χ2n) is 4.27. The molecule has 0 aromatic carbocycles. The second-order valence-corrected chi connectivity index (χ2v) is 11.6. The van der Waals surface area contributed by atoms with Crippen molar-refractivity contribution in [1.29, 1.82) is 0 Å². The Balaban J connectivity index is 0.00000128. The van der Waals surface area contributed by atoms with Crippen LogP contribution in [0.3, 0.4) is 0 Å². The molecule has 0 unspecified atom stereocenters. The van der Waals surface area contributed by atoms with Crippen molar-refractivity contribution in [2.24, 2.45) is 0 Å². The van der Waals surface area contributed by atoms with Crippen molar-refractivity contribution in [3.05, 3.63) is 22.3 Å². The van der Waals surface area contributed by atoms with Gasteiger partial charge in [0.05, 0.1) is 0 Å². The third-order valence-electron chi connectivity index (χ3n) is 3.18. The van der Waals surface area contributed by atoms with Gasteiger partial charge < -0.3 is 24.8 Å². The van der Waals surface area contributed by atoms with Crippen LogP contribution in [0.25, 0.3) is 0 Å². The molecule has 0 radical (unpaired) electrons. The molecule has 0 N–H and O–H groups in total. The molecular formula is C12H16Cl2P2Zr. The zero-order valence-electron chi connectivity index (χ0n) is 10.6. The molecule has 92 valence electrons. The molecule has 2 heterocycles. The van der Waals surface area contributed by atoms with Gasteiger partial charge in [-0.25, -0.2) is 0 Å². The molecule has 0 bridgehead atoms. The summed E-state index contributed by atoms with van der Waals surface area (Å²) in [5.41, 5.74) is 6.59. The predicted octanol–water partition coefficient (Wildman–Crippen LogP) is -2.07. The van der Waals surface area contributed by atoms with E-state index in [4.69, 9.17) is 0 Å². The van der Waals surface area contributed by atoms with Crippen molar-refractivity contribution >= 4 is 22.4 Å². The summed E-state index contributed by atoms with van der Waals surface area (Å²) in [4.78, 5) is 0. The van der Waals surface area contributed by atoms with Crippen LogP contribution in [0.4, 0.5) is 0 Å². The van der Waals surface area contributed by atoms with Crippen molar-refractivity contribution in [2.45, 2.75) is 27.7 Å². The van der Waals surface area contributed by atoms with Gasteiger partial charge in [-0.1, -0.05) is 0 Å². The maximum Gasteiger partial charge on any atom is -1.00 e. The van der Waals surface area contributed by atoms with Crippen LogP contribution in [0.2, 0.25) is 0 Å². The van der Waals surface area contributed by atoms with Gasteiger partial charge in [-0.05, 0) is 0 Å². The van der Waals surface area contributed by atoms with Gasteiger partial charge in [-0.2, -0.15) is 0 Å². The molecular weight excluding hydrogens is 368 g/mol. The summed E-state index contributed by atoms with van der Waals surface area (Å²) in [5.74, 6) is 0. The summed E-state index contributed by atoms with van der Waals surface area (Å²) < 4.78 is 3.68. The third kappa shape index (κ3) is 4.13. The van der Waals surface area contributed by atoms with Crippen LogP contribution >= 0.6 is 16.4 Å². The van der Waals surface area contributed by atoms with Crippen LogP contribution in [0.5, 0.6) is 0 Å². The number of hydrogen-bond acceptors (Lipinski definition) is 0. The van der Waals surface area contributed by atoms with Gasteiger partial charge in [0.2, 0.25) is 0 Å². The summed E-state index contributed by atoms with van der Waals surface area (Å²) in [6, 6.07) is 0. The smallest absolute Gasteiger partial charge is 1.00 e. The molecule has 0 saturated carbocycles. The molecule has 2 aliphatic rings. The average molecular weight is 384 g/mol. The summed E-state index contributed by atoms with van der Waals surface area (Å²) in [6.07, 6.45) is 2.63. The van der Waals surface area contributed by atoms with Gasteiger partial charge in [-0.3, -0.25) is 0 Å². The molecule has 0 nitrogen and oxygen atoms in total. The number of rotatable bonds is 2. The van der Waals surface area contributed by atoms with Crippen LogP contribution in [-0.4, -0.2) is 18.3 Å². The number of hydrogen-bond donors (Lipinski definition) is 0. The van der Waals surface area contributed by atoms with Crippen molar-refractivity contribution < 1.29 is 48.0 Å². The Bertz CT molecular complexity index is 394. The van der Waals surface area contributed by atoms with Gasteiger partial charge in [-0.15, -0.1) is 0 Å². The monoisotopic (exact) mass is 382 g/mol. The maximum atomic E-state index is 2.34. The van der Waals surface area contributed by atoms with Crippen LogP contribution < -0.4 is 24.8 Å². The molecule has 0 fully saturated rings. The van der Waals surface area contributed by atoms with E-state index in [1.54, 1.807) is 38.7 Å². The van der Waals surface area contributed by atoms with E-state index in [1.165, 1.54) is 12.3 Å². The topological polar surface area (TPSA) is 0 Å². The number of allylic oxidation sites excluding steroid dienone is 4. The zero-order valence-corrected chi connectivity index (χ0v) is 16.3. The fraction of sp³-hybridized carbons (Fsp3) is 0.500. The van der Waals surface area contributed by atoms with Gasteiger partial charge in [0.1, 0.15) is 0 Å². The van der Waals surface area contributed by atoms with Gasteiger partial charge in [0.25, 0.3) is 0 Å². The van der Waals surface area contributed by atoms with E-state index in [0.717, 1.165) is 0 Å². The van der Waals surface area contributed by atoms with Crippen molar-refractivity contribution in [3.8, 4) is 0 Å². The van der Waals surface area contributed by atoms with E-state index < -0.39 is 23.2 Å². The third-order valence-corrected chi connectivity index (χ3v) is 12.4. The minimum atomic E-state index is -0.400. The van der Waals surface area contributed by atoms with Crippen molar-refractivity contribution in [1.82, 2.24) is 0 Å². The Hall–Kier alpha value is 1.28. The van der Waals surface area contributed by atoms with Crippen LogP contribution in [0.1, 0.15) is 27.7 Å². The fourth-order valence-electron chi connectivity index (χ4n) is 1.65.